The lowest BCUT2D eigenvalue weighted by molar-refractivity contribution is 0.0982. The van der Waals surface area contributed by atoms with Crippen LogP contribution in [0.1, 0.15) is 35.8 Å². The summed E-state index contributed by atoms with van der Waals surface area (Å²) in [6.07, 6.45) is 2.43. The van der Waals surface area contributed by atoms with Crippen molar-refractivity contribution in [3.8, 4) is 0 Å². The number of hydrogen-bond acceptors (Lipinski definition) is 3. The lowest BCUT2D eigenvalue weighted by atomic mass is 10.0. The van der Waals surface area contributed by atoms with Gasteiger partial charge in [-0.15, -0.1) is 0 Å². The molecular formula is C15H19NO3S. The van der Waals surface area contributed by atoms with Crippen molar-refractivity contribution in [2.24, 2.45) is 7.05 Å². The summed E-state index contributed by atoms with van der Waals surface area (Å²) in [6.45, 7) is 3.85. The van der Waals surface area contributed by atoms with Crippen molar-refractivity contribution in [3.63, 3.8) is 0 Å². The van der Waals surface area contributed by atoms with Gasteiger partial charge in [0.15, 0.2) is 15.6 Å². The lowest BCUT2D eigenvalue weighted by Gasteiger charge is -2.01. The molecule has 0 fully saturated rings. The zero-order valence-corrected chi connectivity index (χ0v) is 13.0. The predicted octanol–water partition coefficient (Wildman–Crippen LogP) is 2.87. The fraction of sp³-hybridized carbons (Fsp3) is 0.400. The third-order valence-electron chi connectivity index (χ3n) is 3.65. The van der Waals surface area contributed by atoms with Crippen LogP contribution in [-0.2, 0) is 16.9 Å². The highest BCUT2D eigenvalue weighted by molar-refractivity contribution is 7.90. The van der Waals surface area contributed by atoms with Crippen LogP contribution in [-0.4, -0.2) is 25.0 Å². The molecule has 0 spiro atoms. The van der Waals surface area contributed by atoms with Crippen LogP contribution in [0.3, 0.4) is 0 Å². The average Bonchev–Trinajstić information content (AvgIpc) is 2.61. The molecule has 0 N–H and O–H groups in total. The summed E-state index contributed by atoms with van der Waals surface area (Å²) >= 11 is 0. The van der Waals surface area contributed by atoms with Gasteiger partial charge in [-0.05, 0) is 31.5 Å². The molecule has 0 atom stereocenters. The minimum Gasteiger partial charge on any atom is -0.347 e. The van der Waals surface area contributed by atoms with E-state index in [0.717, 1.165) is 23.0 Å². The van der Waals surface area contributed by atoms with Gasteiger partial charge in [0.1, 0.15) is 0 Å². The highest BCUT2D eigenvalue weighted by Crippen LogP contribution is 2.28. The quantitative estimate of drug-likeness (QED) is 0.814. The first-order chi connectivity index (χ1) is 9.27. The van der Waals surface area contributed by atoms with Crippen LogP contribution in [0.25, 0.3) is 10.9 Å². The van der Waals surface area contributed by atoms with Crippen molar-refractivity contribution in [2.45, 2.75) is 31.6 Å². The molecule has 5 heteroatoms. The van der Waals surface area contributed by atoms with E-state index >= 15 is 0 Å². The Labute approximate surface area is 119 Å². The number of carbonyl (C=O) groups is 1. The van der Waals surface area contributed by atoms with E-state index in [4.69, 9.17) is 0 Å². The molecule has 2 rings (SSSR count). The van der Waals surface area contributed by atoms with Crippen molar-refractivity contribution in [3.05, 3.63) is 29.5 Å². The summed E-state index contributed by atoms with van der Waals surface area (Å²) in [5, 5.41) is 0.728. The summed E-state index contributed by atoms with van der Waals surface area (Å²) < 4.78 is 25.3. The Morgan fingerprint density at radius 3 is 2.50 bits per heavy atom. The van der Waals surface area contributed by atoms with Crippen LogP contribution in [0.15, 0.2) is 23.1 Å². The standard InChI is InChI=1S/C15H19NO3S/c1-5-6-14(17)15-10(2)16(3)13-8-7-11(9-12(13)15)20(4,18)19/h7-9H,5-6H2,1-4H3. The summed E-state index contributed by atoms with van der Waals surface area (Å²) in [4.78, 5) is 12.5. The molecule has 1 aromatic heterocycles. The molecule has 0 aliphatic carbocycles. The van der Waals surface area contributed by atoms with Crippen molar-refractivity contribution >= 4 is 26.5 Å². The van der Waals surface area contributed by atoms with E-state index in [1.165, 1.54) is 6.26 Å². The van der Waals surface area contributed by atoms with E-state index in [2.05, 4.69) is 0 Å². The molecule has 0 saturated carbocycles. The van der Waals surface area contributed by atoms with Crippen LogP contribution >= 0.6 is 0 Å². The van der Waals surface area contributed by atoms with E-state index in [0.29, 0.717) is 12.0 Å². The van der Waals surface area contributed by atoms with Gasteiger partial charge in [0, 0.05) is 41.9 Å². The average molecular weight is 293 g/mol. The minimum atomic E-state index is -3.27. The van der Waals surface area contributed by atoms with Gasteiger partial charge >= 0.3 is 0 Å². The topological polar surface area (TPSA) is 56.1 Å². The van der Waals surface area contributed by atoms with Crippen molar-refractivity contribution in [1.29, 1.82) is 0 Å². The maximum absolute atomic E-state index is 12.3. The first kappa shape index (κ1) is 14.8. The number of nitrogens with zero attached hydrogens (tertiary/aromatic N) is 1. The second-order valence-corrected chi connectivity index (χ2v) is 7.16. The highest BCUT2D eigenvalue weighted by atomic mass is 32.2. The Bertz CT molecular complexity index is 785. The van der Waals surface area contributed by atoms with Crippen molar-refractivity contribution in [1.82, 2.24) is 4.57 Å². The van der Waals surface area contributed by atoms with Crippen molar-refractivity contribution in [2.75, 3.05) is 6.26 Å². The molecule has 0 aliphatic heterocycles. The largest absolute Gasteiger partial charge is 0.347 e. The van der Waals surface area contributed by atoms with Crippen LogP contribution in [0.2, 0.25) is 0 Å². The van der Waals surface area contributed by atoms with E-state index in [1.807, 2.05) is 25.5 Å². The summed E-state index contributed by atoms with van der Waals surface area (Å²) in [7, 11) is -1.38. The van der Waals surface area contributed by atoms with Crippen LogP contribution < -0.4 is 0 Å². The Kier molecular flexibility index (Phi) is 3.73. The Morgan fingerprint density at radius 2 is 1.95 bits per heavy atom. The molecule has 20 heavy (non-hydrogen) atoms. The molecule has 108 valence electrons. The van der Waals surface area contributed by atoms with Crippen LogP contribution in [0.5, 0.6) is 0 Å². The predicted molar refractivity (Wildman–Crippen MR) is 80.0 cm³/mol. The van der Waals surface area contributed by atoms with Gasteiger partial charge in [-0.3, -0.25) is 4.79 Å². The molecule has 2 aromatic rings. The third-order valence-corrected chi connectivity index (χ3v) is 4.76. The van der Waals surface area contributed by atoms with E-state index < -0.39 is 9.84 Å². The molecule has 0 saturated heterocycles. The smallest absolute Gasteiger partial charge is 0.175 e. The number of rotatable bonds is 4. The van der Waals surface area contributed by atoms with Crippen molar-refractivity contribution < 1.29 is 13.2 Å². The van der Waals surface area contributed by atoms with Crippen LogP contribution in [0, 0.1) is 6.92 Å². The number of sulfone groups is 1. The number of fused-ring (bicyclic) bond motifs is 1. The molecule has 4 nitrogen and oxygen atoms in total. The number of benzene rings is 1. The second kappa shape index (κ2) is 5.05. The molecular weight excluding hydrogens is 274 g/mol. The Hall–Kier alpha value is -1.62. The first-order valence-corrected chi connectivity index (χ1v) is 8.48. The lowest BCUT2D eigenvalue weighted by Crippen LogP contribution is -2.01. The van der Waals surface area contributed by atoms with E-state index in [-0.39, 0.29) is 10.7 Å². The minimum absolute atomic E-state index is 0.0706. The second-order valence-electron chi connectivity index (χ2n) is 5.14. The maximum atomic E-state index is 12.3. The number of aryl methyl sites for hydroxylation is 1. The summed E-state index contributed by atoms with van der Waals surface area (Å²) in [6, 6.07) is 4.97. The third kappa shape index (κ3) is 2.38. The van der Waals surface area contributed by atoms with Gasteiger partial charge in [0.25, 0.3) is 0 Å². The first-order valence-electron chi connectivity index (χ1n) is 6.59. The molecule has 0 radical (unpaired) electrons. The van der Waals surface area contributed by atoms with E-state index in [1.54, 1.807) is 18.2 Å². The highest BCUT2D eigenvalue weighted by Gasteiger charge is 2.19. The molecule has 1 heterocycles. The zero-order valence-electron chi connectivity index (χ0n) is 12.2. The van der Waals surface area contributed by atoms with Gasteiger partial charge < -0.3 is 4.57 Å². The van der Waals surface area contributed by atoms with E-state index in [9.17, 15) is 13.2 Å². The molecule has 0 aliphatic rings. The summed E-state index contributed by atoms with van der Waals surface area (Å²) in [5.74, 6) is 0.0706. The fourth-order valence-corrected chi connectivity index (χ4v) is 3.13. The number of Topliss-reactive ketones (excluding diaryl/α,β-unsaturated/α-hetero) is 1. The monoisotopic (exact) mass is 293 g/mol. The number of aromatic nitrogens is 1. The normalized spacial score (nSPS) is 12.0. The maximum Gasteiger partial charge on any atom is 0.175 e. The Morgan fingerprint density at radius 1 is 1.30 bits per heavy atom. The summed E-state index contributed by atoms with van der Waals surface area (Å²) in [5.41, 5.74) is 2.41. The number of hydrogen-bond donors (Lipinski definition) is 0. The Balaban J connectivity index is 2.79. The molecule has 0 amide bonds. The van der Waals surface area contributed by atoms with Gasteiger partial charge in [0.2, 0.25) is 0 Å². The fourth-order valence-electron chi connectivity index (χ4n) is 2.49. The zero-order chi connectivity index (χ0) is 15.1. The number of carbonyl (C=O) groups excluding carboxylic acids is 1. The SMILES string of the molecule is CCCC(=O)c1c(C)n(C)c2ccc(S(C)(=O)=O)cc12. The number of ketones is 1. The molecule has 0 unspecified atom stereocenters. The molecule has 1 aromatic carbocycles. The van der Waals surface area contributed by atoms with Gasteiger partial charge in [-0.2, -0.15) is 0 Å². The van der Waals surface area contributed by atoms with Gasteiger partial charge in [0.05, 0.1) is 4.90 Å². The van der Waals surface area contributed by atoms with Gasteiger partial charge in [-0.25, -0.2) is 8.42 Å². The molecule has 0 bridgehead atoms. The van der Waals surface area contributed by atoms with Gasteiger partial charge in [-0.1, -0.05) is 6.92 Å². The van der Waals surface area contributed by atoms with Crippen LogP contribution in [0.4, 0.5) is 0 Å².